The summed E-state index contributed by atoms with van der Waals surface area (Å²) in [4.78, 5) is 29.1. The van der Waals surface area contributed by atoms with E-state index < -0.39 is 17.2 Å². The van der Waals surface area contributed by atoms with Crippen LogP contribution in [0.1, 0.15) is 34.3 Å². The van der Waals surface area contributed by atoms with Crippen LogP contribution in [0.3, 0.4) is 0 Å². The fourth-order valence-electron chi connectivity index (χ4n) is 2.90. The molecule has 2 aromatic carbocycles. The molecule has 31 heavy (non-hydrogen) atoms. The van der Waals surface area contributed by atoms with Crippen LogP contribution < -0.4 is 10.3 Å². The SMILES string of the molecule is Cc1ccc(C(=O)CCCO)cc1-n1cnc(OCc2ccc(F)cc2F)c(Cl)c1=O. The van der Waals surface area contributed by atoms with E-state index in [2.05, 4.69) is 4.98 Å². The van der Waals surface area contributed by atoms with Crippen molar-refractivity contribution >= 4 is 17.4 Å². The van der Waals surface area contributed by atoms with E-state index >= 15 is 0 Å². The van der Waals surface area contributed by atoms with E-state index in [1.54, 1.807) is 25.1 Å². The fourth-order valence-corrected chi connectivity index (χ4v) is 3.09. The number of carbonyl (C=O) groups excluding carboxylic acids is 1. The van der Waals surface area contributed by atoms with Gasteiger partial charge < -0.3 is 9.84 Å². The standard InChI is InChI=1S/C22H19ClF2N2O4/c1-13-4-5-14(19(29)3-2-8-28)9-18(13)27-12-26-21(20(23)22(27)30)31-11-15-6-7-16(24)10-17(15)25/h4-7,9-10,12,28H,2-3,8,11H2,1H3. The Kier molecular flexibility index (Phi) is 7.14. The van der Waals surface area contributed by atoms with Gasteiger partial charge in [-0.25, -0.2) is 13.8 Å². The van der Waals surface area contributed by atoms with Gasteiger partial charge in [-0.05, 0) is 37.1 Å². The number of hydrogen-bond acceptors (Lipinski definition) is 5. The van der Waals surface area contributed by atoms with E-state index in [1.165, 1.54) is 17.0 Å². The quantitative estimate of drug-likeness (QED) is 0.527. The van der Waals surface area contributed by atoms with Crippen LogP contribution >= 0.6 is 11.6 Å². The van der Waals surface area contributed by atoms with Crippen molar-refractivity contribution in [1.29, 1.82) is 0 Å². The summed E-state index contributed by atoms with van der Waals surface area (Å²) >= 11 is 6.13. The van der Waals surface area contributed by atoms with Crippen LogP contribution in [0.15, 0.2) is 47.5 Å². The van der Waals surface area contributed by atoms with E-state index in [4.69, 9.17) is 21.4 Å². The van der Waals surface area contributed by atoms with Gasteiger partial charge in [-0.15, -0.1) is 0 Å². The molecule has 6 nitrogen and oxygen atoms in total. The predicted molar refractivity (Wildman–Crippen MR) is 111 cm³/mol. The maximum atomic E-state index is 13.8. The summed E-state index contributed by atoms with van der Waals surface area (Å²) in [6, 6.07) is 7.94. The number of hydrogen-bond donors (Lipinski definition) is 1. The monoisotopic (exact) mass is 448 g/mol. The number of aliphatic hydroxyl groups is 1. The third-order valence-corrected chi connectivity index (χ3v) is 4.94. The topological polar surface area (TPSA) is 81.4 Å². The van der Waals surface area contributed by atoms with Gasteiger partial charge in [0.05, 0.1) is 5.69 Å². The van der Waals surface area contributed by atoms with Crippen molar-refractivity contribution < 1.29 is 23.4 Å². The first kappa shape index (κ1) is 22.6. The summed E-state index contributed by atoms with van der Waals surface area (Å²) in [5.74, 6) is -1.86. The molecule has 0 aliphatic heterocycles. The summed E-state index contributed by atoms with van der Waals surface area (Å²) < 4.78 is 33.3. The number of aryl methyl sites for hydroxylation is 1. The van der Waals surface area contributed by atoms with Crippen LogP contribution in [0.4, 0.5) is 8.78 Å². The molecule has 3 rings (SSSR count). The minimum Gasteiger partial charge on any atom is -0.471 e. The van der Waals surface area contributed by atoms with Gasteiger partial charge in [-0.2, -0.15) is 0 Å². The average molecular weight is 449 g/mol. The van der Waals surface area contributed by atoms with Crippen molar-refractivity contribution in [3.05, 3.63) is 86.4 Å². The lowest BCUT2D eigenvalue weighted by Crippen LogP contribution is -2.21. The molecule has 0 unspecified atom stereocenters. The number of Topliss-reactive ketones (excluding diaryl/α,β-unsaturated/α-hetero) is 1. The van der Waals surface area contributed by atoms with Crippen LogP contribution in [-0.4, -0.2) is 27.0 Å². The highest BCUT2D eigenvalue weighted by molar-refractivity contribution is 6.31. The summed E-state index contributed by atoms with van der Waals surface area (Å²) in [7, 11) is 0. The minimum atomic E-state index is -0.789. The number of rotatable bonds is 8. The summed E-state index contributed by atoms with van der Waals surface area (Å²) in [6.45, 7) is 1.38. The molecule has 9 heteroatoms. The lowest BCUT2D eigenvalue weighted by atomic mass is 10.0. The van der Waals surface area contributed by atoms with Crippen molar-refractivity contribution in [2.75, 3.05) is 6.61 Å². The second-order valence-electron chi connectivity index (χ2n) is 6.81. The third-order valence-electron chi connectivity index (χ3n) is 4.62. The first-order valence-corrected chi connectivity index (χ1v) is 9.78. The molecule has 0 fully saturated rings. The first-order chi connectivity index (χ1) is 14.8. The zero-order valence-electron chi connectivity index (χ0n) is 16.6. The van der Waals surface area contributed by atoms with Crippen molar-refractivity contribution in [2.45, 2.75) is 26.4 Å². The Hall–Kier alpha value is -3.10. The molecule has 162 valence electrons. The molecule has 1 N–H and O–H groups in total. The van der Waals surface area contributed by atoms with Crippen LogP contribution in [0.5, 0.6) is 5.88 Å². The molecule has 3 aromatic rings. The number of ketones is 1. The zero-order valence-corrected chi connectivity index (χ0v) is 17.3. The Labute approximate surface area is 181 Å². The summed E-state index contributed by atoms with van der Waals surface area (Å²) in [6.07, 6.45) is 1.73. The number of ether oxygens (including phenoxy) is 1. The minimum absolute atomic E-state index is 0.0772. The molecule has 0 saturated heterocycles. The summed E-state index contributed by atoms with van der Waals surface area (Å²) in [5, 5.41) is 8.59. The lowest BCUT2D eigenvalue weighted by Gasteiger charge is -2.13. The van der Waals surface area contributed by atoms with E-state index in [-0.39, 0.29) is 41.9 Å². The maximum Gasteiger partial charge on any atom is 0.280 e. The highest BCUT2D eigenvalue weighted by Crippen LogP contribution is 2.22. The molecule has 0 aliphatic carbocycles. The predicted octanol–water partition coefficient (Wildman–Crippen LogP) is 4.01. The van der Waals surface area contributed by atoms with Gasteiger partial charge in [0.25, 0.3) is 5.56 Å². The highest BCUT2D eigenvalue weighted by atomic mass is 35.5. The Morgan fingerprint density at radius 1 is 1.23 bits per heavy atom. The van der Waals surface area contributed by atoms with Gasteiger partial charge in [0.2, 0.25) is 5.88 Å². The largest absolute Gasteiger partial charge is 0.471 e. The van der Waals surface area contributed by atoms with Crippen molar-refractivity contribution in [3.8, 4) is 11.6 Å². The van der Waals surface area contributed by atoms with Gasteiger partial charge in [-0.1, -0.05) is 23.7 Å². The number of aromatic nitrogens is 2. The molecule has 0 radical (unpaired) electrons. The van der Waals surface area contributed by atoms with Crippen molar-refractivity contribution in [1.82, 2.24) is 9.55 Å². The van der Waals surface area contributed by atoms with Gasteiger partial charge in [0.1, 0.15) is 24.6 Å². The normalized spacial score (nSPS) is 10.9. The third kappa shape index (κ3) is 5.15. The van der Waals surface area contributed by atoms with Crippen LogP contribution in [0, 0.1) is 18.6 Å². The Morgan fingerprint density at radius 2 is 2.00 bits per heavy atom. The molecule has 1 aromatic heterocycles. The van der Waals surface area contributed by atoms with Crippen LogP contribution in [0.25, 0.3) is 5.69 Å². The number of aliphatic hydroxyl groups excluding tert-OH is 1. The maximum absolute atomic E-state index is 13.8. The van der Waals surface area contributed by atoms with Gasteiger partial charge in [0, 0.05) is 30.2 Å². The van der Waals surface area contributed by atoms with E-state index in [0.717, 1.165) is 12.1 Å². The Morgan fingerprint density at radius 3 is 2.71 bits per heavy atom. The Bertz CT molecular complexity index is 1180. The zero-order chi connectivity index (χ0) is 22.5. The highest BCUT2D eigenvalue weighted by Gasteiger charge is 2.16. The second kappa shape index (κ2) is 9.80. The van der Waals surface area contributed by atoms with Gasteiger partial charge >= 0.3 is 0 Å². The van der Waals surface area contributed by atoms with E-state index in [9.17, 15) is 18.4 Å². The first-order valence-electron chi connectivity index (χ1n) is 9.40. The molecule has 1 heterocycles. The average Bonchev–Trinajstić information content (AvgIpc) is 2.75. The van der Waals surface area contributed by atoms with E-state index in [1.807, 2.05) is 0 Å². The molecular formula is C22H19ClF2N2O4. The molecular weight excluding hydrogens is 430 g/mol. The van der Waals surface area contributed by atoms with E-state index in [0.29, 0.717) is 23.2 Å². The summed E-state index contributed by atoms with van der Waals surface area (Å²) in [5.41, 5.74) is 0.970. The Balaban J connectivity index is 1.88. The molecule has 0 aliphatic rings. The molecule has 0 bridgehead atoms. The lowest BCUT2D eigenvalue weighted by molar-refractivity contribution is 0.0971. The molecule has 0 atom stereocenters. The number of nitrogens with zero attached hydrogens (tertiary/aromatic N) is 2. The number of halogens is 3. The smallest absolute Gasteiger partial charge is 0.280 e. The molecule has 0 amide bonds. The second-order valence-corrected chi connectivity index (χ2v) is 7.19. The number of benzene rings is 2. The van der Waals surface area contributed by atoms with Crippen LogP contribution in [-0.2, 0) is 6.61 Å². The van der Waals surface area contributed by atoms with Gasteiger partial charge in [0.15, 0.2) is 10.8 Å². The number of carbonyl (C=O) groups is 1. The fraction of sp³-hybridized carbons (Fsp3) is 0.227. The van der Waals surface area contributed by atoms with Gasteiger partial charge in [-0.3, -0.25) is 14.2 Å². The molecule has 0 spiro atoms. The van der Waals surface area contributed by atoms with Crippen molar-refractivity contribution in [3.63, 3.8) is 0 Å². The van der Waals surface area contributed by atoms with Crippen LogP contribution in [0.2, 0.25) is 5.02 Å². The van der Waals surface area contributed by atoms with Crippen molar-refractivity contribution in [2.24, 2.45) is 0 Å². The molecule has 0 saturated carbocycles.